The minimum Gasteiger partial charge on any atom is -0.496 e. The highest BCUT2D eigenvalue weighted by Gasteiger charge is 2.16. The highest BCUT2D eigenvalue weighted by atomic mass is 32.2. The molecule has 2 rings (SSSR count). The van der Waals surface area contributed by atoms with E-state index < -0.39 is 21.7 Å². The number of methoxy groups -OCH3 is 1. The second-order valence-electron chi connectivity index (χ2n) is 4.37. The van der Waals surface area contributed by atoms with Gasteiger partial charge >= 0.3 is 0 Å². The van der Waals surface area contributed by atoms with Crippen molar-refractivity contribution in [2.24, 2.45) is 0 Å². The van der Waals surface area contributed by atoms with Crippen molar-refractivity contribution in [2.45, 2.75) is 11.8 Å². The summed E-state index contributed by atoms with van der Waals surface area (Å²) in [5.41, 5.74) is 0.591. The van der Waals surface area contributed by atoms with Crippen LogP contribution in [-0.4, -0.2) is 15.5 Å². The van der Waals surface area contributed by atoms with E-state index in [9.17, 15) is 17.2 Å². The zero-order valence-electron chi connectivity index (χ0n) is 11.4. The molecule has 0 aliphatic carbocycles. The second-order valence-corrected chi connectivity index (χ2v) is 6.05. The van der Waals surface area contributed by atoms with Crippen LogP contribution in [0.1, 0.15) is 5.56 Å². The Bertz CT molecular complexity index is 776. The van der Waals surface area contributed by atoms with Crippen molar-refractivity contribution in [2.75, 3.05) is 11.8 Å². The Kier molecular flexibility index (Phi) is 4.13. The van der Waals surface area contributed by atoms with Crippen molar-refractivity contribution in [1.82, 2.24) is 0 Å². The van der Waals surface area contributed by atoms with E-state index in [0.717, 1.165) is 18.2 Å². The molecule has 0 spiro atoms. The van der Waals surface area contributed by atoms with Crippen molar-refractivity contribution < 1.29 is 21.9 Å². The molecular weight excluding hydrogens is 300 g/mol. The van der Waals surface area contributed by atoms with Crippen LogP contribution < -0.4 is 9.46 Å². The summed E-state index contributed by atoms with van der Waals surface area (Å²) in [4.78, 5) is 0.00512. The molecule has 0 bridgehead atoms. The van der Waals surface area contributed by atoms with E-state index in [1.54, 1.807) is 6.92 Å². The molecule has 0 saturated carbocycles. The molecule has 0 unspecified atom stereocenters. The lowest BCUT2D eigenvalue weighted by Gasteiger charge is -2.10. The first-order valence-electron chi connectivity index (χ1n) is 5.96. The molecule has 0 aromatic heterocycles. The molecule has 4 nitrogen and oxygen atoms in total. The van der Waals surface area contributed by atoms with Crippen molar-refractivity contribution in [1.29, 1.82) is 0 Å². The Balaban J connectivity index is 2.33. The third-order valence-electron chi connectivity index (χ3n) is 2.85. The van der Waals surface area contributed by atoms with Crippen LogP contribution in [0.2, 0.25) is 0 Å². The number of hydrogen-bond acceptors (Lipinski definition) is 3. The summed E-state index contributed by atoms with van der Waals surface area (Å²) < 4.78 is 57.5. The van der Waals surface area contributed by atoms with Crippen LogP contribution in [-0.2, 0) is 10.0 Å². The zero-order valence-corrected chi connectivity index (χ0v) is 12.2. The molecule has 112 valence electrons. The van der Waals surface area contributed by atoms with Gasteiger partial charge in [-0.3, -0.25) is 4.72 Å². The van der Waals surface area contributed by atoms with Gasteiger partial charge in [0.2, 0.25) is 0 Å². The Morgan fingerprint density at radius 1 is 1.05 bits per heavy atom. The van der Waals surface area contributed by atoms with Crippen LogP contribution in [0.5, 0.6) is 5.75 Å². The number of rotatable bonds is 4. The Labute approximate surface area is 121 Å². The number of sulfonamides is 1. The standard InChI is InChI=1S/C14H13F2NO3S/c1-9-7-11(4-6-14(9)20-2)21(18,19)17-10-3-5-12(15)13(16)8-10/h3-8,17H,1-2H3. The number of aryl methyl sites for hydroxylation is 1. The minimum atomic E-state index is -3.89. The Hall–Kier alpha value is -2.15. The van der Waals surface area contributed by atoms with Crippen LogP contribution in [0.3, 0.4) is 0 Å². The van der Waals surface area contributed by atoms with Gasteiger partial charge in [-0.1, -0.05) is 0 Å². The smallest absolute Gasteiger partial charge is 0.261 e. The lowest BCUT2D eigenvalue weighted by Crippen LogP contribution is -2.13. The molecule has 0 heterocycles. The van der Waals surface area contributed by atoms with Crippen LogP contribution in [0.15, 0.2) is 41.3 Å². The van der Waals surface area contributed by atoms with Crippen LogP contribution in [0.4, 0.5) is 14.5 Å². The van der Waals surface area contributed by atoms with E-state index in [1.165, 1.54) is 25.3 Å². The topological polar surface area (TPSA) is 55.4 Å². The van der Waals surface area contributed by atoms with Gasteiger partial charge in [0.1, 0.15) is 5.75 Å². The Morgan fingerprint density at radius 2 is 1.76 bits per heavy atom. The minimum absolute atomic E-state index is 0.00512. The molecule has 1 N–H and O–H groups in total. The average molecular weight is 313 g/mol. The second kappa shape index (κ2) is 5.69. The predicted octanol–water partition coefficient (Wildman–Crippen LogP) is 3.08. The fourth-order valence-electron chi connectivity index (χ4n) is 1.79. The highest BCUT2D eigenvalue weighted by Crippen LogP contribution is 2.23. The van der Waals surface area contributed by atoms with Gasteiger partial charge < -0.3 is 4.74 Å². The molecule has 0 radical (unpaired) electrons. The summed E-state index contributed by atoms with van der Waals surface area (Å²) >= 11 is 0. The Morgan fingerprint density at radius 3 is 2.33 bits per heavy atom. The highest BCUT2D eigenvalue weighted by molar-refractivity contribution is 7.92. The summed E-state index contributed by atoms with van der Waals surface area (Å²) in [6.45, 7) is 1.70. The van der Waals surface area contributed by atoms with Crippen molar-refractivity contribution in [3.63, 3.8) is 0 Å². The average Bonchev–Trinajstić information content (AvgIpc) is 2.42. The van der Waals surface area contributed by atoms with E-state index in [1.807, 2.05) is 0 Å². The first-order valence-corrected chi connectivity index (χ1v) is 7.44. The van der Waals surface area contributed by atoms with Gasteiger partial charge in [0.15, 0.2) is 11.6 Å². The van der Waals surface area contributed by atoms with Crippen LogP contribution in [0.25, 0.3) is 0 Å². The number of hydrogen-bond donors (Lipinski definition) is 1. The molecule has 2 aromatic carbocycles. The summed E-state index contributed by atoms with van der Waals surface area (Å²) in [6.07, 6.45) is 0. The molecule has 0 fully saturated rings. The lowest BCUT2D eigenvalue weighted by molar-refractivity contribution is 0.411. The molecule has 7 heteroatoms. The normalized spacial score (nSPS) is 11.2. The third kappa shape index (κ3) is 3.30. The third-order valence-corrected chi connectivity index (χ3v) is 4.23. The lowest BCUT2D eigenvalue weighted by atomic mass is 10.2. The summed E-state index contributed by atoms with van der Waals surface area (Å²) in [5, 5.41) is 0. The van der Waals surface area contributed by atoms with E-state index in [4.69, 9.17) is 4.74 Å². The summed E-state index contributed by atoms with van der Waals surface area (Å²) in [6, 6.07) is 7.10. The van der Waals surface area contributed by atoms with Gasteiger partial charge in [0.05, 0.1) is 17.7 Å². The number of ether oxygens (including phenoxy) is 1. The first-order chi connectivity index (χ1) is 9.83. The maximum atomic E-state index is 13.1. The molecule has 0 aliphatic heterocycles. The number of anilines is 1. The fraction of sp³-hybridized carbons (Fsp3) is 0.143. The van der Waals surface area contributed by atoms with E-state index in [-0.39, 0.29) is 10.6 Å². The first kappa shape index (κ1) is 15.2. The number of nitrogens with one attached hydrogen (secondary N) is 1. The maximum Gasteiger partial charge on any atom is 0.261 e. The van der Waals surface area contributed by atoms with Crippen molar-refractivity contribution in [3.8, 4) is 5.75 Å². The fourth-order valence-corrected chi connectivity index (χ4v) is 2.93. The molecule has 0 aliphatic rings. The molecule has 0 amide bonds. The van der Waals surface area contributed by atoms with Crippen LogP contribution in [0, 0.1) is 18.6 Å². The maximum absolute atomic E-state index is 13.1. The SMILES string of the molecule is COc1ccc(S(=O)(=O)Nc2ccc(F)c(F)c2)cc1C. The predicted molar refractivity (Wildman–Crippen MR) is 74.9 cm³/mol. The van der Waals surface area contributed by atoms with Gasteiger partial charge in [0.25, 0.3) is 10.0 Å². The zero-order chi connectivity index (χ0) is 15.6. The van der Waals surface area contributed by atoms with E-state index in [2.05, 4.69) is 4.72 Å². The molecular formula is C14H13F2NO3S. The van der Waals surface area contributed by atoms with Gasteiger partial charge in [-0.05, 0) is 42.8 Å². The summed E-state index contributed by atoms with van der Waals surface area (Å²) in [7, 11) is -2.40. The van der Waals surface area contributed by atoms with Crippen molar-refractivity contribution >= 4 is 15.7 Å². The van der Waals surface area contributed by atoms with Gasteiger partial charge in [-0.25, -0.2) is 17.2 Å². The summed E-state index contributed by atoms with van der Waals surface area (Å²) in [5.74, 6) is -1.61. The van der Waals surface area contributed by atoms with E-state index in [0.29, 0.717) is 11.3 Å². The monoisotopic (exact) mass is 313 g/mol. The molecule has 2 aromatic rings. The quantitative estimate of drug-likeness (QED) is 0.944. The van der Waals surface area contributed by atoms with Gasteiger partial charge in [-0.2, -0.15) is 0 Å². The molecule has 21 heavy (non-hydrogen) atoms. The molecule has 0 saturated heterocycles. The van der Waals surface area contributed by atoms with Crippen LogP contribution >= 0.6 is 0 Å². The van der Waals surface area contributed by atoms with Crippen molar-refractivity contribution in [3.05, 3.63) is 53.6 Å². The number of benzene rings is 2. The van der Waals surface area contributed by atoms with E-state index >= 15 is 0 Å². The van der Waals surface area contributed by atoms with Gasteiger partial charge in [0, 0.05) is 6.07 Å². The van der Waals surface area contributed by atoms with Gasteiger partial charge in [-0.15, -0.1) is 0 Å². The number of halogens is 2. The molecule has 0 atom stereocenters. The largest absolute Gasteiger partial charge is 0.496 e.